The number of hydrogen-bond donors (Lipinski definition) is 2. The number of fused-ring (bicyclic) bond motifs is 1. The molecule has 1 aliphatic heterocycles. The number of amides is 1. The summed E-state index contributed by atoms with van der Waals surface area (Å²) in [6.45, 7) is 5.27. The van der Waals surface area contributed by atoms with Crippen LogP contribution in [0.1, 0.15) is 31.4 Å². The van der Waals surface area contributed by atoms with Crippen molar-refractivity contribution in [1.29, 1.82) is 0 Å². The molecule has 24 heavy (non-hydrogen) atoms. The van der Waals surface area contributed by atoms with E-state index in [0.29, 0.717) is 19.7 Å². The average Bonchev–Trinajstić information content (AvgIpc) is 2.89. The summed E-state index contributed by atoms with van der Waals surface area (Å²) >= 11 is 0. The van der Waals surface area contributed by atoms with Gasteiger partial charge in [0.25, 0.3) is 0 Å². The van der Waals surface area contributed by atoms with Gasteiger partial charge in [-0.05, 0) is 26.0 Å². The fourth-order valence-electron chi connectivity index (χ4n) is 2.65. The maximum atomic E-state index is 12.0. The lowest BCUT2D eigenvalue weighted by atomic mass is 10.1. The molecule has 0 aliphatic carbocycles. The highest BCUT2D eigenvalue weighted by molar-refractivity contribution is 5.85. The Labute approximate surface area is 149 Å². The van der Waals surface area contributed by atoms with Gasteiger partial charge in [-0.2, -0.15) is 0 Å². The second kappa shape index (κ2) is 9.71. The highest BCUT2D eigenvalue weighted by Gasteiger charge is 2.22. The first-order valence-corrected chi connectivity index (χ1v) is 8.02. The predicted molar refractivity (Wildman–Crippen MR) is 95.0 cm³/mol. The van der Waals surface area contributed by atoms with E-state index in [-0.39, 0.29) is 36.9 Å². The molecule has 1 aliphatic rings. The molecular weight excluding hydrogens is 332 g/mol. The van der Waals surface area contributed by atoms with E-state index in [1.54, 1.807) is 7.11 Å². The Kier molecular flexibility index (Phi) is 8.31. The van der Waals surface area contributed by atoms with E-state index in [4.69, 9.17) is 19.9 Å². The molecule has 0 spiro atoms. The van der Waals surface area contributed by atoms with Crippen LogP contribution in [-0.2, 0) is 22.5 Å². The average molecular weight is 359 g/mol. The van der Waals surface area contributed by atoms with Gasteiger partial charge in [-0.1, -0.05) is 0 Å². The summed E-state index contributed by atoms with van der Waals surface area (Å²) in [4.78, 5) is 12.0. The minimum atomic E-state index is -0.259. The van der Waals surface area contributed by atoms with Gasteiger partial charge >= 0.3 is 0 Å². The van der Waals surface area contributed by atoms with E-state index in [1.165, 1.54) is 0 Å². The van der Waals surface area contributed by atoms with Crippen molar-refractivity contribution in [3.05, 3.63) is 23.3 Å². The molecule has 0 bridgehead atoms. The molecule has 2 unspecified atom stereocenters. The third-order valence-electron chi connectivity index (χ3n) is 3.86. The van der Waals surface area contributed by atoms with E-state index in [0.717, 1.165) is 29.0 Å². The van der Waals surface area contributed by atoms with Crippen molar-refractivity contribution in [3.63, 3.8) is 0 Å². The van der Waals surface area contributed by atoms with Crippen molar-refractivity contribution in [3.8, 4) is 11.5 Å². The predicted octanol–water partition coefficient (Wildman–Crippen LogP) is 1.81. The van der Waals surface area contributed by atoms with Crippen LogP contribution in [0.25, 0.3) is 0 Å². The molecule has 2 atom stereocenters. The van der Waals surface area contributed by atoms with Crippen LogP contribution < -0.4 is 20.5 Å². The number of nitrogens with one attached hydrogen (secondary N) is 1. The van der Waals surface area contributed by atoms with Gasteiger partial charge in [0.2, 0.25) is 5.91 Å². The first-order chi connectivity index (χ1) is 11.1. The van der Waals surface area contributed by atoms with Gasteiger partial charge < -0.3 is 25.3 Å². The Morgan fingerprint density at radius 2 is 2.25 bits per heavy atom. The lowest BCUT2D eigenvalue weighted by Crippen LogP contribution is -2.32. The first-order valence-electron chi connectivity index (χ1n) is 8.02. The molecule has 1 aromatic rings. The topological polar surface area (TPSA) is 82.8 Å². The third kappa shape index (κ3) is 5.26. The maximum Gasteiger partial charge on any atom is 0.222 e. The summed E-state index contributed by atoms with van der Waals surface area (Å²) in [7, 11) is 1.55. The number of carbonyl (C=O) groups is 1. The van der Waals surface area contributed by atoms with E-state index >= 15 is 0 Å². The van der Waals surface area contributed by atoms with Crippen LogP contribution in [0.3, 0.4) is 0 Å². The normalized spacial score (nSPS) is 16.6. The molecule has 0 fully saturated rings. The van der Waals surface area contributed by atoms with Crippen LogP contribution in [0.2, 0.25) is 0 Å². The van der Waals surface area contributed by atoms with Gasteiger partial charge in [0.1, 0.15) is 17.6 Å². The Balaban J connectivity index is 0.00000288. The molecule has 0 saturated carbocycles. The maximum absolute atomic E-state index is 12.0. The van der Waals surface area contributed by atoms with Crippen LogP contribution in [0.15, 0.2) is 12.1 Å². The van der Waals surface area contributed by atoms with Gasteiger partial charge in [0.15, 0.2) is 0 Å². The highest BCUT2D eigenvalue weighted by Crippen LogP contribution is 2.35. The van der Waals surface area contributed by atoms with Crippen molar-refractivity contribution in [1.82, 2.24) is 5.32 Å². The van der Waals surface area contributed by atoms with Crippen molar-refractivity contribution in [2.45, 2.75) is 45.4 Å². The summed E-state index contributed by atoms with van der Waals surface area (Å²) in [5, 5.41) is 2.89. The van der Waals surface area contributed by atoms with Gasteiger partial charge in [-0.25, -0.2) is 0 Å². The van der Waals surface area contributed by atoms with Crippen molar-refractivity contribution >= 4 is 18.3 Å². The fourth-order valence-corrected chi connectivity index (χ4v) is 2.65. The second-order valence-electron chi connectivity index (χ2n) is 5.71. The molecule has 3 N–H and O–H groups in total. The van der Waals surface area contributed by atoms with Gasteiger partial charge in [-0.15, -0.1) is 12.4 Å². The molecular formula is C17H27ClN2O4. The number of ether oxygens (including phenoxy) is 3. The number of benzene rings is 1. The van der Waals surface area contributed by atoms with Crippen molar-refractivity contribution < 1.29 is 19.0 Å². The highest BCUT2D eigenvalue weighted by atomic mass is 35.5. The minimum absolute atomic E-state index is 0. The van der Waals surface area contributed by atoms with Crippen LogP contribution in [0, 0.1) is 0 Å². The molecule has 136 valence electrons. The smallest absolute Gasteiger partial charge is 0.222 e. The number of hydrogen-bond acceptors (Lipinski definition) is 5. The molecule has 7 heteroatoms. The molecule has 1 heterocycles. The number of rotatable bonds is 8. The molecule has 1 amide bonds. The van der Waals surface area contributed by atoms with E-state index in [9.17, 15) is 4.79 Å². The van der Waals surface area contributed by atoms with Crippen LogP contribution >= 0.6 is 12.4 Å². The quantitative estimate of drug-likeness (QED) is 0.740. The summed E-state index contributed by atoms with van der Waals surface area (Å²) in [6.07, 6.45) is 1.05. The molecule has 2 rings (SSSR count). The van der Waals surface area contributed by atoms with Gasteiger partial charge in [0.05, 0.1) is 19.1 Å². The Morgan fingerprint density at radius 1 is 1.50 bits per heavy atom. The summed E-state index contributed by atoms with van der Waals surface area (Å²) in [6, 6.07) is 3.97. The van der Waals surface area contributed by atoms with E-state index in [1.807, 2.05) is 26.0 Å². The molecule has 0 aromatic heterocycles. The first kappa shape index (κ1) is 20.5. The summed E-state index contributed by atoms with van der Waals surface area (Å²) in [5.74, 6) is 1.58. The fraction of sp³-hybridized carbons (Fsp3) is 0.588. The largest absolute Gasteiger partial charge is 0.494 e. The zero-order valence-electron chi connectivity index (χ0n) is 14.5. The standard InChI is InChI=1S/C17H26N2O4.ClH/c1-4-22-15-6-12-5-11(2)23-16(12)7-13(15)10-19-17(20)8-14(9-18)21-3;/h6-7,11,14H,4-5,8-10,18H2,1-3H3,(H,19,20);1H. The Morgan fingerprint density at radius 3 is 2.88 bits per heavy atom. The number of nitrogens with two attached hydrogens (primary N) is 1. The Hall–Kier alpha value is -1.50. The molecule has 1 aromatic carbocycles. The van der Waals surface area contributed by atoms with Crippen LogP contribution in [0.4, 0.5) is 0 Å². The number of halogens is 1. The lowest BCUT2D eigenvalue weighted by Gasteiger charge is -2.15. The zero-order chi connectivity index (χ0) is 16.8. The molecule has 6 nitrogen and oxygen atoms in total. The monoisotopic (exact) mass is 358 g/mol. The van der Waals surface area contributed by atoms with Gasteiger partial charge in [-0.3, -0.25) is 4.79 Å². The Bertz CT molecular complexity index is 550. The van der Waals surface area contributed by atoms with Crippen molar-refractivity contribution in [2.24, 2.45) is 5.73 Å². The third-order valence-corrected chi connectivity index (χ3v) is 3.86. The minimum Gasteiger partial charge on any atom is -0.494 e. The number of carbonyl (C=O) groups excluding carboxylic acids is 1. The van der Waals surface area contributed by atoms with E-state index < -0.39 is 0 Å². The van der Waals surface area contributed by atoms with Crippen LogP contribution in [0.5, 0.6) is 11.5 Å². The SMILES string of the molecule is CCOc1cc2c(cc1CNC(=O)CC(CN)OC)OC(C)C2.Cl. The van der Waals surface area contributed by atoms with E-state index in [2.05, 4.69) is 5.32 Å². The second-order valence-corrected chi connectivity index (χ2v) is 5.71. The van der Waals surface area contributed by atoms with Crippen LogP contribution in [-0.4, -0.2) is 38.4 Å². The molecule has 0 radical (unpaired) electrons. The lowest BCUT2D eigenvalue weighted by molar-refractivity contribution is -0.123. The summed E-state index contributed by atoms with van der Waals surface area (Å²) in [5.41, 5.74) is 7.60. The van der Waals surface area contributed by atoms with Crippen molar-refractivity contribution in [2.75, 3.05) is 20.3 Å². The van der Waals surface area contributed by atoms with Gasteiger partial charge in [0, 0.05) is 37.7 Å². The zero-order valence-corrected chi connectivity index (χ0v) is 15.3. The molecule has 0 saturated heterocycles. The number of methoxy groups -OCH3 is 1. The summed E-state index contributed by atoms with van der Waals surface area (Å²) < 4.78 is 16.6.